The number of nitrogens with zero attached hydrogens (tertiary/aromatic N) is 5. The number of carboxylic acid groups (broad SMARTS) is 1. The van der Waals surface area contributed by atoms with Crippen LogP contribution < -0.4 is 10.0 Å². The first-order valence-corrected chi connectivity index (χ1v) is 14.0. The van der Waals surface area contributed by atoms with E-state index >= 15 is 0 Å². The van der Waals surface area contributed by atoms with Gasteiger partial charge in [-0.05, 0) is 29.3 Å². The first kappa shape index (κ1) is 27.6. The van der Waals surface area contributed by atoms with Crippen LogP contribution in [-0.4, -0.2) is 103 Å². The van der Waals surface area contributed by atoms with E-state index in [1.807, 2.05) is 4.72 Å². The Morgan fingerprint density at radius 3 is 2.87 bits per heavy atom. The Balaban J connectivity index is 1.56. The van der Waals surface area contributed by atoms with E-state index in [2.05, 4.69) is 31.1 Å². The molecular formula is C18H20N8O9S3. The van der Waals surface area contributed by atoms with Crippen LogP contribution in [0.5, 0.6) is 0 Å². The zero-order chi connectivity index (χ0) is 27.4. The van der Waals surface area contributed by atoms with Gasteiger partial charge in [0.05, 0.1) is 6.26 Å². The minimum absolute atomic E-state index is 0.0263. The number of aliphatic carboxylic acids is 1. The van der Waals surface area contributed by atoms with Crippen molar-refractivity contribution in [3.8, 4) is 0 Å². The molecule has 5 N–H and O–H groups in total. The van der Waals surface area contributed by atoms with Crippen LogP contribution in [-0.2, 0) is 29.5 Å². The Bertz CT molecular complexity index is 1360. The number of H-pyrrole nitrogens is 1. The highest BCUT2D eigenvalue weighted by molar-refractivity contribution is 8.01. The van der Waals surface area contributed by atoms with Gasteiger partial charge in [-0.1, -0.05) is 16.9 Å². The molecule has 20 heteroatoms. The van der Waals surface area contributed by atoms with Gasteiger partial charge in [-0.3, -0.25) is 19.0 Å². The van der Waals surface area contributed by atoms with Gasteiger partial charge >= 0.3 is 16.3 Å². The molecule has 0 spiro atoms. The predicted molar refractivity (Wildman–Crippen MR) is 130 cm³/mol. The van der Waals surface area contributed by atoms with Crippen molar-refractivity contribution >= 4 is 57.3 Å². The van der Waals surface area contributed by atoms with E-state index in [0.29, 0.717) is 5.57 Å². The number of β-lactam (4-membered cyclic amide) rings is 1. The maximum Gasteiger partial charge on any atom is 0.352 e. The maximum atomic E-state index is 13.1. The summed E-state index contributed by atoms with van der Waals surface area (Å²) in [6.45, 7) is -0.236. The van der Waals surface area contributed by atoms with Gasteiger partial charge in [-0.15, -0.1) is 22.0 Å². The van der Waals surface area contributed by atoms with Crippen molar-refractivity contribution in [2.45, 2.75) is 28.2 Å². The van der Waals surface area contributed by atoms with Gasteiger partial charge in [-0.2, -0.15) is 18.4 Å². The number of carbonyl (C=O) groups is 3. The van der Waals surface area contributed by atoms with Crippen LogP contribution in [0, 0.1) is 0 Å². The van der Waals surface area contributed by atoms with Crippen LogP contribution in [0.15, 0.2) is 44.4 Å². The zero-order valence-electron chi connectivity index (χ0n) is 19.3. The van der Waals surface area contributed by atoms with Crippen LogP contribution in [0.2, 0.25) is 0 Å². The van der Waals surface area contributed by atoms with Crippen molar-refractivity contribution in [1.82, 2.24) is 35.6 Å². The average molecular weight is 589 g/mol. The molecule has 4 heterocycles. The molecule has 2 amide bonds. The number of thioether (sulfide) groups is 2. The van der Waals surface area contributed by atoms with Crippen LogP contribution >= 0.6 is 23.5 Å². The lowest BCUT2D eigenvalue weighted by molar-refractivity contribution is -0.150. The molecule has 1 saturated heterocycles. The number of oxime groups is 1. The SMILES string of the molecule is CON=C(C(=O)NC1C(=O)N2C(C(=O)O)=C(C(CCNS(=O)(=O)O)Sc3nn[nH]n3)CS[C@@H]12)c1ccco1. The molecule has 17 nitrogen and oxygen atoms in total. The van der Waals surface area contributed by atoms with Crippen molar-refractivity contribution in [2.75, 3.05) is 19.4 Å². The van der Waals surface area contributed by atoms with Gasteiger partial charge in [0.25, 0.3) is 11.8 Å². The second-order valence-electron chi connectivity index (χ2n) is 7.60. The average Bonchev–Trinajstić information content (AvgIpc) is 3.58. The lowest BCUT2D eigenvalue weighted by Crippen LogP contribution is -2.71. The maximum absolute atomic E-state index is 13.1. The first-order valence-electron chi connectivity index (χ1n) is 10.6. The number of hydrogen-bond donors (Lipinski definition) is 5. The summed E-state index contributed by atoms with van der Waals surface area (Å²) in [6, 6.07) is 1.98. The third-order valence-electron chi connectivity index (χ3n) is 5.29. The summed E-state index contributed by atoms with van der Waals surface area (Å²) in [5, 5.41) is 28.3. The van der Waals surface area contributed by atoms with E-state index in [1.54, 1.807) is 6.07 Å². The zero-order valence-corrected chi connectivity index (χ0v) is 21.7. The number of furan rings is 1. The molecule has 0 aliphatic carbocycles. The van der Waals surface area contributed by atoms with Crippen LogP contribution in [0.1, 0.15) is 12.2 Å². The highest BCUT2D eigenvalue weighted by Crippen LogP contribution is 2.44. The third-order valence-corrected chi connectivity index (χ3v) is 8.35. The topological polar surface area (TPSA) is 242 Å². The number of carboxylic acids is 1. The number of nitrogens with one attached hydrogen (secondary N) is 3. The molecule has 2 aliphatic rings. The molecule has 1 fully saturated rings. The second kappa shape index (κ2) is 11.5. The molecular weight excluding hydrogens is 568 g/mol. The van der Waals surface area contributed by atoms with E-state index in [9.17, 15) is 27.9 Å². The summed E-state index contributed by atoms with van der Waals surface area (Å²) < 4.78 is 38.3. The van der Waals surface area contributed by atoms with Gasteiger partial charge in [0.1, 0.15) is 24.2 Å². The molecule has 2 aliphatic heterocycles. The Morgan fingerprint density at radius 2 is 2.26 bits per heavy atom. The molecule has 0 aromatic carbocycles. The molecule has 2 unspecified atom stereocenters. The van der Waals surface area contributed by atoms with Crippen molar-refractivity contribution in [2.24, 2.45) is 5.16 Å². The van der Waals surface area contributed by atoms with Crippen LogP contribution in [0.3, 0.4) is 0 Å². The molecule has 0 bridgehead atoms. The fraction of sp³-hybridized carbons (Fsp3) is 0.389. The molecule has 38 heavy (non-hydrogen) atoms. The highest BCUT2D eigenvalue weighted by atomic mass is 32.2. The van der Waals surface area contributed by atoms with Crippen LogP contribution in [0.4, 0.5) is 0 Å². The van der Waals surface area contributed by atoms with Gasteiger partial charge in [-0.25, -0.2) is 4.79 Å². The summed E-state index contributed by atoms with van der Waals surface area (Å²) in [4.78, 5) is 44.0. The van der Waals surface area contributed by atoms with E-state index in [4.69, 9.17) is 13.8 Å². The lowest BCUT2D eigenvalue weighted by atomic mass is 10.00. The fourth-order valence-corrected chi connectivity index (χ4v) is 6.67. The smallest absolute Gasteiger partial charge is 0.352 e. The summed E-state index contributed by atoms with van der Waals surface area (Å²) >= 11 is 2.21. The summed E-state index contributed by atoms with van der Waals surface area (Å²) in [5.74, 6) is -2.57. The molecule has 2 aromatic heterocycles. The molecule has 0 saturated carbocycles. The number of rotatable bonds is 12. The van der Waals surface area contributed by atoms with Crippen LogP contribution in [0.25, 0.3) is 0 Å². The summed E-state index contributed by atoms with van der Waals surface area (Å²) in [6.07, 6.45) is 1.36. The van der Waals surface area contributed by atoms with E-state index in [-0.39, 0.29) is 41.0 Å². The van der Waals surface area contributed by atoms with Crippen molar-refractivity contribution in [3.63, 3.8) is 0 Å². The lowest BCUT2D eigenvalue weighted by Gasteiger charge is -2.50. The van der Waals surface area contributed by atoms with Crippen molar-refractivity contribution < 1.29 is 41.7 Å². The van der Waals surface area contributed by atoms with Crippen molar-refractivity contribution in [3.05, 3.63) is 35.4 Å². The van der Waals surface area contributed by atoms with Crippen molar-refractivity contribution in [1.29, 1.82) is 0 Å². The second-order valence-corrected chi connectivity index (χ2v) is 11.1. The Morgan fingerprint density at radius 1 is 1.47 bits per heavy atom. The molecule has 2 aromatic rings. The first-order chi connectivity index (χ1) is 18.1. The Hall–Kier alpha value is -3.46. The standard InChI is InChI=1S/C18H20N8O9S3/c1-34-23-11(9-3-2-6-35-9)14(27)20-12-15(28)26-13(17(29)30)8(7-36-16(12)26)10(4-5-19-38(31,32)33)37-18-21-24-25-22-18/h2-3,6,10,12,16,19H,4-5,7H2,1H3,(H,20,27)(H,29,30)(H,31,32,33)(H,21,22,24,25)/t10?,12?,16-/m0/s1. The molecule has 4 rings (SSSR count). The number of hydrogen-bond acceptors (Lipinski definition) is 13. The number of carbonyl (C=O) groups excluding carboxylic acids is 2. The van der Waals surface area contributed by atoms with Gasteiger partial charge in [0, 0.05) is 17.5 Å². The minimum Gasteiger partial charge on any atom is -0.477 e. The number of fused-ring (bicyclic) bond motifs is 1. The van der Waals surface area contributed by atoms with Gasteiger partial charge in [0.2, 0.25) is 10.9 Å². The molecule has 204 valence electrons. The van der Waals surface area contributed by atoms with Gasteiger partial charge < -0.3 is 19.7 Å². The number of tetrazole rings is 1. The highest BCUT2D eigenvalue weighted by Gasteiger charge is 2.55. The quantitative estimate of drug-likeness (QED) is 0.0645. The van der Waals surface area contributed by atoms with E-state index < -0.39 is 44.8 Å². The number of aromatic nitrogens is 4. The van der Waals surface area contributed by atoms with E-state index in [1.165, 1.54) is 31.2 Å². The monoisotopic (exact) mass is 588 g/mol. The predicted octanol–water partition coefficient (Wildman–Crippen LogP) is -1.17. The largest absolute Gasteiger partial charge is 0.477 e. The Labute approximate surface area is 222 Å². The summed E-state index contributed by atoms with van der Waals surface area (Å²) in [7, 11) is -3.24. The molecule has 0 radical (unpaired) electrons. The normalized spacial score (nSPS) is 20.5. The third kappa shape index (κ3) is 5.99. The minimum atomic E-state index is -4.48. The number of aromatic amines is 1. The summed E-state index contributed by atoms with van der Waals surface area (Å²) in [5.41, 5.74) is -0.197. The Kier molecular flexibility index (Phi) is 8.35. The van der Waals surface area contributed by atoms with E-state index in [0.717, 1.165) is 16.7 Å². The fourth-order valence-electron chi connectivity index (χ4n) is 3.76. The molecule has 3 atom stereocenters. The number of amides is 2. The van der Waals surface area contributed by atoms with Gasteiger partial charge in [0.15, 0.2) is 5.76 Å².